The van der Waals surface area contributed by atoms with Gasteiger partial charge in [0.05, 0.1) is 13.2 Å². The van der Waals surface area contributed by atoms with Gasteiger partial charge in [-0.15, -0.1) is 0 Å². The highest BCUT2D eigenvalue weighted by Gasteiger charge is 2.26. The predicted octanol–water partition coefficient (Wildman–Crippen LogP) is 19.4. The molecule has 0 saturated carbocycles. The van der Waals surface area contributed by atoms with Crippen LogP contribution in [0.4, 0.5) is 0 Å². The van der Waals surface area contributed by atoms with Crippen LogP contribution in [0.25, 0.3) is 0 Å². The van der Waals surface area contributed by atoms with E-state index in [2.05, 4.69) is 123 Å². The Labute approximate surface area is 460 Å². The van der Waals surface area contributed by atoms with E-state index in [4.69, 9.17) is 24.3 Å². The minimum absolute atomic E-state index is 0.0471. The van der Waals surface area contributed by atoms with Gasteiger partial charge in [0.1, 0.15) is 6.61 Å². The highest BCUT2D eigenvalue weighted by molar-refractivity contribution is 7.47. The van der Waals surface area contributed by atoms with Crippen LogP contribution in [0, 0.1) is 0 Å². The van der Waals surface area contributed by atoms with Gasteiger partial charge in [-0.1, -0.05) is 252 Å². The number of hydrogen-bond donors (Lipinski definition) is 2. The number of rotatable bonds is 56. The van der Waals surface area contributed by atoms with Gasteiger partial charge in [0.15, 0.2) is 6.10 Å². The molecule has 0 aromatic rings. The van der Waals surface area contributed by atoms with Crippen molar-refractivity contribution >= 4 is 19.8 Å². The summed E-state index contributed by atoms with van der Waals surface area (Å²) in [7, 11) is -4.40. The van der Waals surface area contributed by atoms with Crippen LogP contribution in [0.3, 0.4) is 0 Å². The number of phosphoric ester groups is 1. The number of carbonyl (C=O) groups excluding carboxylic acids is 2. The molecule has 0 saturated heterocycles. The number of phosphoric acid groups is 1. The van der Waals surface area contributed by atoms with Crippen LogP contribution in [0.2, 0.25) is 0 Å². The van der Waals surface area contributed by atoms with Gasteiger partial charge in [0.2, 0.25) is 0 Å². The summed E-state index contributed by atoms with van der Waals surface area (Å²) in [5.41, 5.74) is 5.39. The van der Waals surface area contributed by atoms with Crippen LogP contribution in [0.1, 0.15) is 258 Å². The van der Waals surface area contributed by atoms with Gasteiger partial charge in [-0.25, -0.2) is 4.57 Å². The van der Waals surface area contributed by atoms with E-state index in [0.29, 0.717) is 6.42 Å². The summed E-state index contributed by atoms with van der Waals surface area (Å²) < 4.78 is 33.1. The summed E-state index contributed by atoms with van der Waals surface area (Å²) in [6.45, 7) is 3.62. The lowest BCUT2D eigenvalue weighted by atomic mass is 10.0. The summed E-state index contributed by atoms with van der Waals surface area (Å²) in [5, 5.41) is 0. The maximum atomic E-state index is 12.7. The monoisotopic (exact) mass is 1070 g/mol. The van der Waals surface area contributed by atoms with Crippen LogP contribution in [0.15, 0.2) is 109 Å². The fraction of sp³-hybridized carbons (Fsp3) is 0.692. The van der Waals surface area contributed by atoms with E-state index in [0.717, 1.165) is 103 Å². The third kappa shape index (κ3) is 59.8. The van der Waals surface area contributed by atoms with Crippen molar-refractivity contribution in [2.75, 3.05) is 26.4 Å². The summed E-state index contributed by atoms with van der Waals surface area (Å²) in [5.74, 6) is -0.839. The lowest BCUT2D eigenvalue weighted by molar-refractivity contribution is -0.161. The molecule has 0 spiro atoms. The van der Waals surface area contributed by atoms with Crippen LogP contribution in [-0.2, 0) is 32.7 Å². The van der Waals surface area contributed by atoms with Crippen molar-refractivity contribution in [3.63, 3.8) is 0 Å². The first-order valence-electron chi connectivity index (χ1n) is 30.4. The smallest absolute Gasteiger partial charge is 0.462 e. The molecule has 0 heterocycles. The quantitative estimate of drug-likeness (QED) is 0.0264. The second kappa shape index (κ2) is 59.9. The summed E-state index contributed by atoms with van der Waals surface area (Å²) in [6, 6.07) is 0. The van der Waals surface area contributed by atoms with Gasteiger partial charge < -0.3 is 20.1 Å². The molecule has 0 fully saturated rings. The minimum Gasteiger partial charge on any atom is -0.462 e. The molecule has 0 aromatic heterocycles. The normalized spacial score (nSPS) is 13.8. The average molecular weight is 1070 g/mol. The molecule has 430 valence electrons. The number of carbonyl (C=O) groups is 2. The van der Waals surface area contributed by atoms with Crippen molar-refractivity contribution in [2.45, 2.75) is 264 Å². The second-order valence-electron chi connectivity index (χ2n) is 19.8. The van der Waals surface area contributed by atoms with Gasteiger partial charge in [0.25, 0.3) is 0 Å². The molecule has 75 heavy (non-hydrogen) atoms. The zero-order valence-corrected chi connectivity index (χ0v) is 48.9. The van der Waals surface area contributed by atoms with E-state index >= 15 is 0 Å². The van der Waals surface area contributed by atoms with E-state index < -0.39 is 26.5 Å². The lowest BCUT2D eigenvalue weighted by Gasteiger charge is -2.19. The Kier molecular flexibility index (Phi) is 57.2. The van der Waals surface area contributed by atoms with Gasteiger partial charge in [-0.2, -0.15) is 0 Å². The summed E-state index contributed by atoms with van der Waals surface area (Å²) in [6.07, 6.45) is 81.4. The Morgan fingerprint density at radius 1 is 0.413 bits per heavy atom. The first-order chi connectivity index (χ1) is 36.8. The Morgan fingerprint density at radius 2 is 0.733 bits per heavy atom. The van der Waals surface area contributed by atoms with Crippen LogP contribution < -0.4 is 5.73 Å². The largest absolute Gasteiger partial charge is 0.472 e. The maximum absolute atomic E-state index is 12.7. The van der Waals surface area contributed by atoms with E-state index in [1.807, 2.05) is 0 Å². The number of ether oxygens (including phenoxy) is 2. The first-order valence-corrected chi connectivity index (χ1v) is 31.9. The number of allylic oxidation sites excluding steroid dienone is 18. The molecule has 0 aliphatic carbocycles. The summed E-state index contributed by atoms with van der Waals surface area (Å²) >= 11 is 0. The van der Waals surface area contributed by atoms with E-state index in [1.165, 1.54) is 122 Å². The second-order valence-corrected chi connectivity index (χ2v) is 21.3. The maximum Gasteiger partial charge on any atom is 0.472 e. The highest BCUT2D eigenvalue weighted by Crippen LogP contribution is 2.43. The Hall–Kier alpha value is -3.33. The van der Waals surface area contributed by atoms with Crippen molar-refractivity contribution in [1.82, 2.24) is 0 Å². The molecule has 0 bridgehead atoms. The Bertz CT molecular complexity index is 1590. The van der Waals surface area contributed by atoms with E-state index in [9.17, 15) is 19.0 Å². The SMILES string of the molecule is CC/C=C\C/C=C\C/C=C\C/C=C\C/C=C\C/C=C\CCCCCCCCCCCCC(=O)OC(COC(=O)CCCCCCCCCCCC/C=C\C/C=C\C/C=C\CCCCCCC)COP(=O)(O)OCCN. The highest BCUT2D eigenvalue weighted by atomic mass is 31.2. The Balaban J connectivity index is 4.01. The van der Waals surface area contributed by atoms with Crippen LogP contribution in [-0.4, -0.2) is 49.3 Å². The van der Waals surface area contributed by atoms with Crippen LogP contribution in [0.5, 0.6) is 0 Å². The first kappa shape index (κ1) is 71.7. The standard InChI is InChI=1S/C65H112NO8P/c1-3-5-7-9-11-13-15-17-19-21-23-25-27-29-30-31-32-34-36-38-40-42-44-46-48-50-52-54-56-58-65(68)74-63(62-73-75(69,70)72-60-59-66)61-71-64(67)57-55-53-51-49-47-45-43-41-39-37-35-33-28-26-24-22-20-18-16-14-12-10-8-6-4-2/h5,7,11,13,16-19,22-25,28-30,32-34,63H,3-4,6,8-10,12,14-15,20-21,26-27,31,35-62,66H2,1-2H3,(H,69,70)/b7-5-,13-11-,18-16-,19-17-,24-22-,25-23-,30-29-,33-28-,34-32-. The fourth-order valence-corrected chi connectivity index (χ4v) is 8.94. The number of hydrogen-bond acceptors (Lipinski definition) is 8. The zero-order valence-electron chi connectivity index (χ0n) is 48.0. The van der Waals surface area contributed by atoms with Gasteiger partial charge in [-0.05, 0) is 103 Å². The molecule has 0 aliphatic rings. The predicted molar refractivity (Wildman–Crippen MR) is 321 cm³/mol. The van der Waals surface area contributed by atoms with Crippen molar-refractivity contribution in [3.05, 3.63) is 109 Å². The molecule has 0 radical (unpaired) electrons. The topological polar surface area (TPSA) is 134 Å². The minimum atomic E-state index is -4.40. The molecule has 0 aliphatic heterocycles. The van der Waals surface area contributed by atoms with E-state index in [-0.39, 0.29) is 38.6 Å². The molecular weight excluding hydrogens is 954 g/mol. The number of unbranched alkanes of at least 4 members (excludes halogenated alkanes) is 25. The molecular formula is C65H112NO8P. The van der Waals surface area contributed by atoms with Gasteiger partial charge in [0, 0.05) is 19.4 Å². The molecule has 2 unspecified atom stereocenters. The number of nitrogens with two attached hydrogens (primary N) is 1. The molecule has 0 aromatic carbocycles. The fourth-order valence-electron chi connectivity index (χ4n) is 8.18. The third-order valence-electron chi connectivity index (χ3n) is 12.6. The third-order valence-corrected chi connectivity index (χ3v) is 13.6. The van der Waals surface area contributed by atoms with Crippen molar-refractivity contribution < 1.29 is 37.6 Å². The van der Waals surface area contributed by atoms with Crippen molar-refractivity contribution in [2.24, 2.45) is 5.73 Å². The molecule has 0 rings (SSSR count). The molecule has 2 atom stereocenters. The van der Waals surface area contributed by atoms with Crippen molar-refractivity contribution in [3.8, 4) is 0 Å². The number of esters is 2. The lowest BCUT2D eigenvalue weighted by Crippen LogP contribution is -2.29. The molecule has 0 amide bonds. The molecule has 9 nitrogen and oxygen atoms in total. The molecule has 10 heteroatoms. The van der Waals surface area contributed by atoms with E-state index in [1.54, 1.807) is 0 Å². The van der Waals surface area contributed by atoms with Crippen molar-refractivity contribution in [1.29, 1.82) is 0 Å². The summed E-state index contributed by atoms with van der Waals surface area (Å²) in [4.78, 5) is 35.2. The Morgan fingerprint density at radius 3 is 1.09 bits per heavy atom. The van der Waals surface area contributed by atoms with Gasteiger partial charge in [-0.3, -0.25) is 18.6 Å². The van der Waals surface area contributed by atoms with Gasteiger partial charge >= 0.3 is 19.8 Å². The molecule has 3 N–H and O–H groups in total. The van der Waals surface area contributed by atoms with Crippen LogP contribution >= 0.6 is 7.82 Å². The zero-order chi connectivity index (χ0) is 54.5. The average Bonchev–Trinajstić information content (AvgIpc) is 3.40.